The summed E-state index contributed by atoms with van der Waals surface area (Å²) in [4.78, 5) is 35.6. The zero-order chi connectivity index (χ0) is 21.2. The smallest absolute Gasteiger partial charge is 0.338 e. The average Bonchev–Trinajstić information content (AvgIpc) is 2.75. The molecule has 8 nitrogen and oxygen atoms in total. The van der Waals surface area contributed by atoms with E-state index in [2.05, 4.69) is 16.6 Å². The predicted octanol–water partition coefficient (Wildman–Crippen LogP) is 2.84. The quantitative estimate of drug-likeness (QED) is 0.511. The summed E-state index contributed by atoms with van der Waals surface area (Å²) >= 11 is 0. The van der Waals surface area contributed by atoms with Crippen molar-refractivity contribution in [3.8, 4) is 11.5 Å². The van der Waals surface area contributed by atoms with Crippen molar-refractivity contribution in [3.63, 3.8) is 0 Å². The van der Waals surface area contributed by atoms with E-state index in [-0.39, 0.29) is 5.56 Å². The third-order valence-corrected chi connectivity index (χ3v) is 3.68. The van der Waals surface area contributed by atoms with E-state index in [0.29, 0.717) is 29.4 Å². The molecule has 0 unspecified atom stereocenters. The lowest BCUT2D eigenvalue weighted by molar-refractivity contribution is -0.119. The number of anilines is 1. The van der Waals surface area contributed by atoms with Gasteiger partial charge in [0.05, 0.1) is 25.3 Å². The van der Waals surface area contributed by atoms with Gasteiger partial charge in [0.1, 0.15) is 6.61 Å². The summed E-state index contributed by atoms with van der Waals surface area (Å²) in [6.07, 6.45) is 1.59. The second-order valence-corrected chi connectivity index (χ2v) is 5.66. The fourth-order valence-electron chi connectivity index (χ4n) is 2.28. The van der Waals surface area contributed by atoms with Crippen LogP contribution in [0.4, 0.5) is 5.69 Å². The lowest BCUT2D eigenvalue weighted by Gasteiger charge is -2.11. The third kappa shape index (κ3) is 6.10. The number of carbonyl (C=O) groups excluding carboxylic acids is 3. The Kier molecular flexibility index (Phi) is 7.78. The van der Waals surface area contributed by atoms with Gasteiger partial charge in [-0.15, -0.1) is 0 Å². The molecule has 8 heteroatoms. The highest BCUT2D eigenvalue weighted by Gasteiger charge is 2.14. The van der Waals surface area contributed by atoms with E-state index >= 15 is 0 Å². The molecule has 0 radical (unpaired) electrons. The summed E-state index contributed by atoms with van der Waals surface area (Å²) in [5.74, 6) is -0.876. The maximum absolute atomic E-state index is 12.2. The van der Waals surface area contributed by atoms with Crippen molar-refractivity contribution in [2.24, 2.45) is 0 Å². The first-order chi connectivity index (χ1) is 14.0. The van der Waals surface area contributed by atoms with Crippen LogP contribution in [0.2, 0.25) is 0 Å². The topological polar surface area (TPSA) is 100 Å². The molecule has 2 aromatic carbocycles. The molecule has 1 amide bonds. The van der Waals surface area contributed by atoms with Crippen LogP contribution in [0.5, 0.6) is 11.5 Å². The summed E-state index contributed by atoms with van der Waals surface area (Å²) in [5.41, 5.74) is 1.01. The monoisotopic (exact) mass is 399 g/mol. The zero-order valence-corrected chi connectivity index (χ0v) is 16.1. The number of benzene rings is 2. The second kappa shape index (κ2) is 10.5. The van der Waals surface area contributed by atoms with Gasteiger partial charge in [-0.25, -0.2) is 9.59 Å². The maximum atomic E-state index is 12.2. The first-order valence-electron chi connectivity index (χ1n) is 8.55. The van der Waals surface area contributed by atoms with Crippen molar-refractivity contribution in [1.82, 2.24) is 0 Å². The molecule has 152 valence electrons. The lowest BCUT2D eigenvalue weighted by Crippen LogP contribution is -2.21. The highest BCUT2D eigenvalue weighted by Crippen LogP contribution is 2.28. The van der Waals surface area contributed by atoms with Gasteiger partial charge in [-0.05, 0) is 42.5 Å². The Morgan fingerprint density at radius 1 is 0.966 bits per heavy atom. The van der Waals surface area contributed by atoms with E-state index in [0.717, 1.165) is 0 Å². The Labute approximate surface area is 168 Å². The van der Waals surface area contributed by atoms with E-state index < -0.39 is 24.5 Å². The van der Waals surface area contributed by atoms with Gasteiger partial charge < -0.3 is 24.3 Å². The number of rotatable bonds is 9. The number of methoxy groups -OCH3 is 2. The third-order valence-electron chi connectivity index (χ3n) is 3.68. The lowest BCUT2D eigenvalue weighted by atomic mass is 10.2. The molecular formula is C21H21NO7. The molecule has 0 heterocycles. The van der Waals surface area contributed by atoms with Crippen molar-refractivity contribution in [2.75, 3.05) is 32.8 Å². The summed E-state index contributed by atoms with van der Waals surface area (Å²) in [7, 11) is 2.73. The minimum absolute atomic E-state index is 0.211. The molecule has 29 heavy (non-hydrogen) atoms. The molecule has 0 atom stereocenters. The van der Waals surface area contributed by atoms with Crippen LogP contribution in [0.25, 0.3) is 0 Å². The zero-order valence-electron chi connectivity index (χ0n) is 16.1. The van der Waals surface area contributed by atoms with Crippen molar-refractivity contribution < 1.29 is 33.3 Å². The maximum Gasteiger partial charge on any atom is 0.338 e. The van der Waals surface area contributed by atoms with Gasteiger partial charge in [0.15, 0.2) is 18.1 Å². The van der Waals surface area contributed by atoms with Crippen LogP contribution in [-0.4, -0.2) is 45.3 Å². The van der Waals surface area contributed by atoms with Gasteiger partial charge in [-0.3, -0.25) is 4.79 Å². The van der Waals surface area contributed by atoms with Crippen LogP contribution in [0.1, 0.15) is 20.7 Å². The summed E-state index contributed by atoms with van der Waals surface area (Å²) in [6, 6.07) is 10.6. The fraction of sp³-hybridized carbons (Fsp3) is 0.190. The van der Waals surface area contributed by atoms with Crippen molar-refractivity contribution >= 4 is 23.5 Å². The van der Waals surface area contributed by atoms with Crippen LogP contribution < -0.4 is 14.8 Å². The second-order valence-electron chi connectivity index (χ2n) is 5.66. The Hall–Kier alpha value is -3.81. The highest BCUT2D eigenvalue weighted by atomic mass is 16.5. The molecular weight excluding hydrogens is 378 g/mol. The first kappa shape index (κ1) is 21.5. The van der Waals surface area contributed by atoms with Gasteiger partial charge in [0, 0.05) is 5.69 Å². The van der Waals surface area contributed by atoms with Gasteiger partial charge >= 0.3 is 11.9 Å². The Bertz CT molecular complexity index is 890. The predicted molar refractivity (Wildman–Crippen MR) is 105 cm³/mol. The van der Waals surface area contributed by atoms with Crippen molar-refractivity contribution in [1.29, 1.82) is 0 Å². The molecule has 0 fully saturated rings. The van der Waals surface area contributed by atoms with Crippen molar-refractivity contribution in [2.45, 2.75) is 0 Å². The molecule has 0 aliphatic heterocycles. The van der Waals surface area contributed by atoms with Gasteiger partial charge in [0.2, 0.25) is 0 Å². The molecule has 0 spiro atoms. The highest BCUT2D eigenvalue weighted by molar-refractivity contribution is 5.96. The van der Waals surface area contributed by atoms with Crippen LogP contribution in [0, 0.1) is 0 Å². The summed E-state index contributed by atoms with van der Waals surface area (Å²) in [5, 5.41) is 2.57. The molecule has 0 saturated carbocycles. The van der Waals surface area contributed by atoms with Gasteiger partial charge in [-0.2, -0.15) is 0 Å². The van der Waals surface area contributed by atoms with Crippen LogP contribution in [0.15, 0.2) is 55.1 Å². The summed E-state index contributed by atoms with van der Waals surface area (Å²) in [6.45, 7) is 3.38. The summed E-state index contributed by atoms with van der Waals surface area (Å²) < 4.78 is 20.2. The minimum Gasteiger partial charge on any atom is -0.493 e. The molecule has 0 aliphatic carbocycles. The normalized spacial score (nSPS) is 9.86. The van der Waals surface area contributed by atoms with E-state index in [1.54, 1.807) is 24.3 Å². The molecule has 2 aromatic rings. The number of amides is 1. The number of ether oxygens (including phenoxy) is 4. The molecule has 1 N–H and O–H groups in total. The number of carbonyl (C=O) groups is 3. The van der Waals surface area contributed by atoms with Gasteiger partial charge in [-0.1, -0.05) is 12.7 Å². The van der Waals surface area contributed by atoms with E-state index in [9.17, 15) is 14.4 Å². The van der Waals surface area contributed by atoms with Crippen molar-refractivity contribution in [3.05, 3.63) is 66.2 Å². The molecule has 0 aromatic heterocycles. The van der Waals surface area contributed by atoms with Crippen LogP contribution >= 0.6 is 0 Å². The minimum atomic E-state index is -0.685. The standard InChI is InChI=1S/C21H21NO7/c1-4-11-28-17-10-7-15(12-18(17)26-2)21(25)29-13-19(23)22-16-8-5-14(6-9-16)20(24)27-3/h4-10,12H,1,11,13H2,2-3H3,(H,22,23). The number of hydrogen-bond acceptors (Lipinski definition) is 7. The molecule has 0 saturated heterocycles. The fourth-order valence-corrected chi connectivity index (χ4v) is 2.28. The van der Waals surface area contributed by atoms with Crippen LogP contribution in [-0.2, 0) is 14.3 Å². The first-order valence-corrected chi connectivity index (χ1v) is 8.55. The van der Waals surface area contributed by atoms with E-state index in [4.69, 9.17) is 14.2 Å². The Balaban J connectivity index is 1.91. The van der Waals surface area contributed by atoms with E-state index in [1.165, 1.54) is 38.5 Å². The SMILES string of the molecule is C=CCOc1ccc(C(=O)OCC(=O)Nc2ccc(C(=O)OC)cc2)cc1OC. The number of esters is 2. The van der Waals surface area contributed by atoms with Crippen LogP contribution in [0.3, 0.4) is 0 Å². The molecule has 0 bridgehead atoms. The molecule has 0 aliphatic rings. The largest absolute Gasteiger partial charge is 0.493 e. The van der Waals surface area contributed by atoms with Gasteiger partial charge in [0.25, 0.3) is 5.91 Å². The Morgan fingerprint density at radius 2 is 1.66 bits per heavy atom. The average molecular weight is 399 g/mol. The molecule has 2 rings (SSSR count). The Morgan fingerprint density at radius 3 is 2.28 bits per heavy atom. The number of hydrogen-bond donors (Lipinski definition) is 1. The van der Waals surface area contributed by atoms with E-state index in [1.807, 2.05) is 0 Å². The number of nitrogens with one attached hydrogen (secondary N) is 1.